The van der Waals surface area contributed by atoms with E-state index in [1.165, 1.54) is 0 Å². The van der Waals surface area contributed by atoms with Gasteiger partial charge in [0.1, 0.15) is 5.78 Å². The van der Waals surface area contributed by atoms with Crippen LogP contribution in [0.4, 0.5) is 0 Å². The van der Waals surface area contributed by atoms with Crippen LogP contribution in [0.1, 0.15) is 39.5 Å². The van der Waals surface area contributed by atoms with Gasteiger partial charge in [0.2, 0.25) is 0 Å². The van der Waals surface area contributed by atoms with Crippen LogP contribution in [-0.2, 0) is 9.59 Å². The highest BCUT2D eigenvalue weighted by Gasteiger charge is 2.44. The largest absolute Gasteiger partial charge is 0.300 e. The quantitative estimate of drug-likeness (QED) is 0.660. The molecule has 0 aromatic heterocycles. The molecule has 0 unspecified atom stereocenters. The van der Waals surface area contributed by atoms with Crippen LogP contribution in [0.2, 0.25) is 0 Å². The third-order valence-electron chi connectivity index (χ3n) is 4.21. The Morgan fingerprint density at radius 3 is 2.93 bits per heavy atom. The molecule has 2 rings (SSSR count). The van der Waals surface area contributed by atoms with E-state index < -0.39 is 0 Å². The number of carbonyl (C=O) groups is 2. The predicted molar refractivity (Wildman–Crippen MR) is 58.4 cm³/mol. The summed E-state index contributed by atoms with van der Waals surface area (Å²) in [5, 5.41) is 0. The molecule has 1 fully saturated rings. The second kappa shape index (κ2) is 3.58. The van der Waals surface area contributed by atoms with Crippen molar-refractivity contribution in [3.05, 3.63) is 12.2 Å². The van der Waals surface area contributed by atoms with E-state index in [4.69, 9.17) is 0 Å². The highest BCUT2D eigenvalue weighted by atomic mass is 16.1. The number of carbonyl (C=O) groups excluding carboxylic acids is 2. The molecule has 0 radical (unpaired) electrons. The minimum atomic E-state index is 0.0881. The molecule has 0 saturated heterocycles. The summed E-state index contributed by atoms with van der Waals surface area (Å²) in [6.45, 7) is 3.84. The molecule has 0 aromatic carbocycles. The van der Waals surface area contributed by atoms with Gasteiger partial charge in [-0.1, -0.05) is 13.0 Å². The number of allylic oxidation sites excluding steroid dienone is 2. The maximum Gasteiger partial charge on any atom is 0.159 e. The van der Waals surface area contributed by atoms with Crippen molar-refractivity contribution >= 4 is 11.6 Å². The number of ketones is 2. The molecular formula is C13H18O2. The van der Waals surface area contributed by atoms with E-state index in [9.17, 15) is 9.59 Å². The van der Waals surface area contributed by atoms with Gasteiger partial charge in [-0.05, 0) is 44.1 Å². The maximum absolute atomic E-state index is 11.8. The molecule has 2 heteroatoms. The van der Waals surface area contributed by atoms with Crippen molar-refractivity contribution in [3.8, 4) is 0 Å². The zero-order chi connectivity index (χ0) is 11.1. The van der Waals surface area contributed by atoms with Crippen molar-refractivity contribution in [2.45, 2.75) is 39.5 Å². The lowest BCUT2D eigenvalue weighted by molar-refractivity contribution is -0.129. The zero-order valence-electron chi connectivity index (χ0n) is 9.45. The van der Waals surface area contributed by atoms with Crippen LogP contribution in [0.3, 0.4) is 0 Å². The fourth-order valence-electron chi connectivity index (χ4n) is 3.00. The predicted octanol–water partition coefficient (Wildman–Crippen LogP) is 2.53. The fraction of sp³-hybridized carbons (Fsp3) is 0.692. The van der Waals surface area contributed by atoms with Crippen LogP contribution in [-0.4, -0.2) is 11.6 Å². The summed E-state index contributed by atoms with van der Waals surface area (Å²) >= 11 is 0. The van der Waals surface area contributed by atoms with Gasteiger partial charge < -0.3 is 0 Å². The van der Waals surface area contributed by atoms with Gasteiger partial charge in [0.15, 0.2) is 5.78 Å². The third-order valence-corrected chi connectivity index (χ3v) is 4.21. The van der Waals surface area contributed by atoms with E-state index in [0.29, 0.717) is 0 Å². The van der Waals surface area contributed by atoms with Crippen LogP contribution in [0.5, 0.6) is 0 Å². The highest BCUT2D eigenvalue weighted by Crippen LogP contribution is 2.48. The summed E-state index contributed by atoms with van der Waals surface area (Å²) in [6, 6.07) is 0. The second-order valence-electron chi connectivity index (χ2n) is 5.30. The Labute approximate surface area is 90.7 Å². The average molecular weight is 206 g/mol. The van der Waals surface area contributed by atoms with Gasteiger partial charge >= 0.3 is 0 Å². The van der Waals surface area contributed by atoms with E-state index in [-0.39, 0.29) is 28.8 Å². The molecule has 0 spiro atoms. The van der Waals surface area contributed by atoms with Gasteiger partial charge in [0, 0.05) is 11.8 Å². The molecule has 0 bridgehead atoms. The van der Waals surface area contributed by atoms with Gasteiger partial charge in [-0.2, -0.15) is 0 Å². The topological polar surface area (TPSA) is 34.1 Å². The number of hydrogen-bond acceptors (Lipinski definition) is 2. The van der Waals surface area contributed by atoms with E-state index >= 15 is 0 Å². The monoisotopic (exact) mass is 206 g/mol. The summed E-state index contributed by atoms with van der Waals surface area (Å²) in [7, 11) is 0. The number of hydrogen-bond donors (Lipinski definition) is 0. The lowest BCUT2D eigenvalue weighted by atomic mass is 9.59. The Morgan fingerprint density at radius 1 is 1.53 bits per heavy atom. The molecule has 82 valence electrons. The van der Waals surface area contributed by atoms with Crippen molar-refractivity contribution in [3.63, 3.8) is 0 Å². The first-order chi connectivity index (χ1) is 7.03. The summed E-state index contributed by atoms with van der Waals surface area (Å²) in [4.78, 5) is 23.2. The molecule has 2 nitrogen and oxygen atoms in total. The summed E-state index contributed by atoms with van der Waals surface area (Å²) in [5.74, 6) is 0.692. The summed E-state index contributed by atoms with van der Waals surface area (Å²) in [5.41, 5.74) is 0.123. The molecule has 0 amide bonds. The van der Waals surface area contributed by atoms with E-state index in [1.807, 2.05) is 6.08 Å². The Hall–Kier alpha value is -0.920. The van der Waals surface area contributed by atoms with Gasteiger partial charge in [0.25, 0.3) is 0 Å². The molecule has 0 aliphatic heterocycles. The van der Waals surface area contributed by atoms with E-state index in [2.05, 4.69) is 6.92 Å². The van der Waals surface area contributed by atoms with Crippen LogP contribution in [0.15, 0.2) is 12.2 Å². The van der Waals surface area contributed by atoms with Crippen LogP contribution in [0, 0.1) is 17.3 Å². The molecule has 2 aliphatic rings. The first kappa shape index (κ1) is 10.6. The lowest BCUT2D eigenvalue weighted by Gasteiger charge is -2.44. The molecule has 1 saturated carbocycles. The second-order valence-corrected chi connectivity index (χ2v) is 5.30. The highest BCUT2D eigenvalue weighted by molar-refractivity contribution is 5.94. The molecule has 0 N–H and O–H groups in total. The third kappa shape index (κ3) is 1.77. The molecular weight excluding hydrogens is 188 g/mol. The summed E-state index contributed by atoms with van der Waals surface area (Å²) in [6.07, 6.45) is 7.44. The first-order valence-electron chi connectivity index (χ1n) is 5.74. The number of Topliss-reactive ketones (excluding diaryl/α,β-unsaturated/α-hetero) is 1. The summed E-state index contributed by atoms with van der Waals surface area (Å²) < 4.78 is 0. The van der Waals surface area contributed by atoms with Crippen molar-refractivity contribution < 1.29 is 9.59 Å². The van der Waals surface area contributed by atoms with Crippen molar-refractivity contribution in [1.29, 1.82) is 0 Å². The minimum absolute atomic E-state index is 0.0881. The van der Waals surface area contributed by atoms with E-state index in [0.717, 1.165) is 25.7 Å². The SMILES string of the molecule is CC(=O)[C@H]1CC[C@@]2(C)CC=CC(=O)[C@H]2C1. The Balaban J connectivity index is 2.21. The molecule has 0 heterocycles. The van der Waals surface area contributed by atoms with Crippen LogP contribution < -0.4 is 0 Å². The van der Waals surface area contributed by atoms with Gasteiger partial charge in [-0.3, -0.25) is 9.59 Å². The number of rotatable bonds is 1. The van der Waals surface area contributed by atoms with Gasteiger partial charge in [-0.15, -0.1) is 0 Å². The smallest absolute Gasteiger partial charge is 0.159 e. The number of fused-ring (bicyclic) bond motifs is 1. The molecule has 15 heavy (non-hydrogen) atoms. The normalized spacial score (nSPS) is 40.0. The zero-order valence-corrected chi connectivity index (χ0v) is 9.45. The first-order valence-corrected chi connectivity index (χ1v) is 5.74. The molecule has 2 aliphatic carbocycles. The van der Waals surface area contributed by atoms with Gasteiger partial charge in [-0.25, -0.2) is 0 Å². The van der Waals surface area contributed by atoms with Crippen LogP contribution >= 0.6 is 0 Å². The lowest BCUT2D eigenvalue weighted by Crippen LogP contribution is -2.41. The Morgan fingerprint density at radius 2 is 2.27 bits per heavy atom. The fourth-order valence-corrected chi connectivity index (χ4v) is 3.00. The minimum Gasteiger partial charge on any atom is -0.300 e. The van der Waals surface area contributed by atoms with Crippen molar-refractivity contribution in [1.82, 2.24) is 0 Å². The standard InChI is InChI=1S/C13H18O2/c1-9(14)10-5-7-13(2)6-3-4-12(15)11(13)8-10/h3-4,10-11H,5-8H2,1-2H3/t10-,11+,13+/m0/s1. The molecule has 3 atom stereocenters. The molecule has 0 aromatic rings. The van der Waals surface area contributed by atoms with Gasteiger partial charge in [0.05, 0.1) is 0 Å². The Bertz CT molecular complexity index is 329. The Kier molecular flexibility index (Phi) is 2.53. The maximum atomic E-state index is 11.8. The van der Waals surface area contributed by atoms with Crippen LogP contribution in [0.25, 0.3) is 0 Å². The van der Waals surface area contributed by atoms with Crippen molar-refractivity contribution in [2.75, 3.05) is 0 Å². The van der Waals surface area contributed by atoms with E-state index in [1.54, 1.807) is 13.0 Å². The van der Waals surface area contributed by atoms with Crippen molar-refractivity contribution in [2.24, 2.45) is 17.3 Å². The average Bonchev–Trinajstić information content (AvgIpc) is 2.17.